The van der Waals surface area contributed by atoms with E-state index in [2.05, 4.69) is 32.2 Å². The van der Waals surface area contributed by atoms with Gasteiger partial charge in [0.1, 0.15) is 11.5 Å². The molecule has 0 bridgehead atoms. The average Bonchev–Trinajstić information content (AvgIpc) is 3.25. The van der Waals surface area contributed by atoms with Gasteiger partial charge in [-0.15, -0.1) is 10.2 Å². The van der Waals surface area contributed by atoms with Gasteiger partial charge in [0.15, 0.2) is 5.82 Å². The van der Waals surface area contributed by atoms with Crippen molar-refractivity contribution in [1.82, 2.24) is 24.6 Å². The molecule has 29 heavy (non-hydrogen) atoms. The number of fused-ring (bicyclic) bond motifs is 2. The molecule has 146 valence electrons. The lowest BCUT2D eigenvalue weighted by Crippen LogP contribution is -2.36. The van der Waals surface area contributed by atoms with Gasteiger partial charge in [-0.1, -0.05) is 48.5 Å². The van der Waals surface area contributed by atoms with Gasteiger partial charge in [0, 0.05) is 42.5 Å². The van der Waals surface area contributed by atoms with E-state index in [1.165, 1.54) is 0 Å². The molecule has 4 aromatic rings. The maximum atomic E-state index is 12.9. The van der Waals surface area contributed by atoms with Gasteiger partial charge in [-0.2, -0.15) is 0 Å². The lowest BCUT2D eigenvalue weighted by atomic mass is 10.1. The number of carbonyl (C=O) groups is 1. The summed E-state index contributed by atoms with van der Waals surface area (Å²) in [5, 5.41) is 13.1. The Hall–Kier alpha value is -3.41. The minimum absolute atomic E-state index is 0.0188. The number of nitrogens with one attached hydrogen (secondary N) is 1. The molecule has 0 spiro atoms. The van der Waals surface area contributed by atoms with Crippen LogP contribution in [0.25, 0.3) is 22.3 Å². The number of nitrogens with zero attached hydrogens (tertiary/aromatic N) is 4. The fourth-order valence-electron chi connectivity index (χ4n) is 4.20. The highest BCUT2D eigenvalue weighted by molar-refractivity contribution is 5.98. The molecule has 1 N–H and O–H groups in total. The van der Waals surface area contributed by atoms with E-state index in [4.69, 9.17) is 0 Å². The molecule has 2 aromatic heterocycles. The zero-order valence-electron chi connectivity index (χ0n) is 16.4. The molecule has 0 saturated heterocycles. The van der Waals surface area contributed by atoms with Crippen LogP contribution in [0.15, 0.2) is 60.7 Å². The summed E-state index contributed by atoms with van der Waals surface area (Å²) >= 11 is 0. The number of aromatic nitrogens is 4. The summed E-state index contributed by atoms with van der Waals surface area (Å²) in [5.41, 5.74) is 2.83. The zero-order valence-corrected chi connectivity index (χ0v) is 16.4. The Kier molecular flexibility index (Phi) is 4.39. The van der Waals surface area contributed by atoms with E-state index in [1.807, 2.05) is 60.1 Å². The van der Waals surface area contributed by atoms with Crippen LogP contribution in [0.3, 0.4) is 0 Å². The number of para-hydroxylation sites is 1. The summed E-state index contributed by atoms with van der Waals surface area (Å²) in [6.45, 7) is 0.798. The largest absolute Gasteiger partial charge is 0.348 e. The average molecular weight is 385 g/mol. The van der Waals surface area contributed by atoms with Gasteiger partial charge in [-0.25, -0.2) is 0 Å². The summed E-state index contributed by atoms with van der Waals surface area (Å²) in [6, 6.07) is 20.3. The van der Waals surface area contributed by atoms with E-state index in [0.717, 1.165) is 53.9 Å². The molecule has 0 radical (unpaired) electrons. The van der Waals surface area contributed by atoms with Crippen LogP contribution in [0.4, 0.5) is 0 Å². The van der Waals surface area contributed by atoms with Gasteiger partial charge in [0.25, 0.3) is 5.91 Å². The molecule has 0 fully saturated rings. The quantitative estimate of drug-likeness (QED) is 0.586. The van der Waals surface area contributed by atoms with Gasteiger partial charge in [-0.05, 0) is 25.0 Å². The van der Waals surface area contributed by atoms with Crippen LogP contribution in [0, 0.1) is 0 Å². The summed E-state index contributed by atoms with van der Waals surface area (Å²) in [6.07, 6.45) is 2.53. The molecular weight excluding hydrogens is 362 g/mol. The predicted octanol–water partition coefficient (Wildman–Crippen LogP) is 3.57. The summed E-state index contributed by atoms with van der Waals surface area (Å²) in [5.74, 6) is 1.88. The second-order valence-corrected chi connectivity index (χ2v) is 7.60. The van der Waals surface area contributed by atoms with Crippen molar-refractivity contribution in [3.8, 4) is 11.4 Å². The van der Waals surface area contributed by atoms with Gasteiger partial charge < -0.3 is 14.5 Å². The molecule has 6 nitrogen and oxygen atoms in total. The molecule has 1 unspecified atom stereocenters. The highest BCUT2D eigenvalue weighted by Crippen LogP contribution is 2.23. The number of amides is 1. The first-order valence-corrected chi connectivity index (χ1v) is 10.0. The monoisotopic (exact) mass is 385 g/mol. The Labute approximate surface area is 169 Å². The van der Waals surface area contributed by atoms with Crippen molar-refractivity contribution in [3.63, 3.8) is 0 Å². The van der Waals surface area contributed by atoms with Gasteiger partial charge >= 0.3 is 0 Å². The summed E-state index contributed by atoms with van der Waals surface area (Å²) in [7, 11) is 1.94. The van der Waals surface area contributed by atoms with Crippen LogP contribution in [0.5, 0.6) is 0 Å². The van der Waals surface area contributed by atoms with E-state index >= 15 is 0 Å². The van der Waals surface area contributed by atoms with Crippen LogP contribution in [0.1, 0.15) is 29.2 Å². The molecule has 6 heteroatoms. The Morgan fingerprint density at radius 2 is 1.83 bits per heavy atom. The van der Waals surface area contributed by atoms with Crippen LogP contribution in [-0.4, -0.2) is 31.3 Å². The van der Waals surface area contributed by atoms with Crippen LogP contribution >= 0.6 is 0 Å². The number of hydrogen-bond donors (Lipinski definition) is 1. The fourth-order valence-corrected chi connectivity index (χ4v) is 4.20. The molecule has 1 aliphatic heterocycles. The number of benzene rings is 2. The third kappa shape index (κ3) is 3.20. The first-order valence-electron chi connectivity index (χ1n) is 10.0. The van der Waals surface area contributed by atoms with Crippen LogP contribution in [-0.2, 0) is 20.0 Å². The number of rotatable bonds is 3. The Balaban J connectivity index is 1.33. The second kappa shape index (κ2) is 7.20. The highest BCUT2D eigenvalue weighted by Gasteiger charge is 2.23. The number of aryl methyl sites for hydroxylation is 2. The van der Waals surface area contributed by atoms with E-state index in [0.29, 0.717) is 5.69 Å². The molecule has 0 aliphatic carbocycles. The molecule has 1 atom stereocenters. The second-order valence-electron chi connectivity index (χ2n) is 7.60. The van der Waals surface area contributed by atoms with Crippen molar-refractivity contribution < 1.29 is 4.79 Å². The Morgan fingerprint density at radius 3 is 2.66 bits per heavy atom. The first-order chi connectivity index (χ1) is 14.2. The van der Waals surface area contributed by atoms with Crippen molar-refractivity contribution in [2.75, 3.05) is 0 Å². The van der Waals surface area contributed by atoms with E-state index in [-0.39, 0.29) is 11.9 Å². The van der Waals surface area contributed by atoms with Crippen molar-refractivity contribution in [2.24, 2.45) is 7.05 Å². The fraction of sp³-hybridized carbons (Fsp3) is 0.261. The summed E-state index contributed by atoms with van der Waals surface area (Å²) < 4.78 is 4.15. The SMILES string of the molecule is Cn1c(C(=O)NC2CCc3nnc(-c4ccccc4)n3CC2)cc2ccccc21. The van der Waals surface area contributed by atoms with E-state index < -0.39 is 0 Å². The topological polar surface area (TPSA) is 64.7 Å². The molecule has 1 amide bonds. The third-order valence-electron chi connectivity index (χ3n) is 5.80. The smallest absolute Gasteiger partial charge is 0.268 e. The summed E-state index contributed by atoms with van der Waals surface area (Å²) in [4.78, 5) is 12.9. The molecule has 2 aromatic carbocycles. The number of hydrogen-bond acceptors (Lipinski definition) is 3. The normalized spacial score (nSPS) is 16.4. The van der Waals surface area contributed by atoms with Gasteiger partial charge in [-0.3, -0.25) is 4.79 Å². The maximum Gasteiger partial charge on any atom is 0.268 e. The lowest BCUT2D eigenvalue weighted by molar-refractivity contribution is 0.0925. The Morgan fingerprint density at radius 1 is 1.03 bits per heavy atom. The van der Waals surface area contributed by atoms with E-state index in [1.54, 1.807) is 0 Å². The predicted molar refractivity (Wildman–Crippen MR) is 113 cm³/mol. The van der Waals surface area contributed by atoms with Crippen molar-refractivity contribution in [2.45, 2.75) is 31.8 Å². The Bertz CT molecular complexity index is 1170. The van der Waals surface area contributed by atoms with Crippen molar-refractivity contribution in [1.29, 1.82) is 0 Å². The zero-order chi connectivity index (χ0) is 19.8. The molecule has 5 rings (SSSR count). The molecule has 0 saturated carbocycles. The van der Waals surface area contributed by atoms with Crippen LogP contribution in [0.2, 0.25) is 0 Å². The molecular formula is C23H23N5O. The maximum absolute atomic E-state index is 12.9. The third-order valence-corrected chi connectivity index (χ3v) is 5.80. The van der Waals surface area contributed by atoms with Gasteiger partial charge in [0.05, 0.1) is 0 Å². The minimum atomic E-state index is -0.0188. The molecule has 3 heterocycles. The van der Waals surface area contributed by atoms with E-state index in [9.17, 15) is 4.79 Å². The van der Waals surface area contributed by atoms with Gasteiger partial charge in [0.2, 0.25) is 0 Å². The first kappa shape index (κ1) is 17.7. The number of carbonyl (C=O) groups excluding carboxylic acids is 1. The van der Waals surface area contributed by atoms with Crippen molar-refractivity contribution >= 4 is 16.8 Å². The molecule has 1 aliphatic rings. The standard InChI is InChI=1S/C23H23N5O/c1-27-19-10-6-5-9-17(19)15-20(27)23(29)24-18-11-12-21-25-26-22(28(21)14-13-18)16-7-3-2-4-8-16/h2-10,15,18H,11-14H2,1H3,(H,24,29). The van der Waals surface area contributed by atoms with Crippen molar-refractivity contribution in [3.05, 3.63) is 72.2 Å². The highest BCUT2D eigenvalue weighted by atomic mass is 16.2. The lowest BCUT2D eigenvalue weighted by Gasteiger charge is -2.16. The minimum Gasteiger partial charge on any atom is -0.348 e. The van der Waals surface area contributed by atoms with Crippen LogP contribution < -0.4 is 5.32 Å².